The first-order valence-corrected chi connectivity index (χ1v) is 5.95. The maximum Gasteiger partial charge on any atom is 0.407 e. The second-order valence-corrected chi connectivity index (χ2v) is 5.46. The standard InChI is InChI=1S/C12H19N3O2/c1-12(2,3)17-11(16)14-9-5-4-8-7-13-15-10(8)6-9/h7,9H,4-6H2,1-3H3,(H,13,15)(H,14,16). The lowest BCUT2D eigenvalue weighted by atomic mass is 9.94. The summed E-state index contributed by atoms with van der Waals surface area (Å²) in [5.41, 5.74) is 1.93. The lowest BCUT2D eigenvalue weighted by Crippen LogP contribution is -2.41. The van der Waals surface area contributed by atoms with Crippen molar-refractivity contribution in [3.05, 3.63) is 17.5 Å². The van der Waals surface area contributed by atoms with Gasteiger partial charge in [-0.3, -0.25) is 5.10 Å². The summed E-state index contributed by atoms with van der Waals surface area (Å²) in [6.45, 7) is 5.58. The molecule has 5 heteroatoms. The Kier molecular flexibility index (Phi) is 3.09. The van der Waals surface area contributed by atoms with E-state index in [4.69, 9.17) is 4.74 Å². The molecule has 0 fully saturated rings. The van der Waals surface area contributed by atoms with Gasteiger partial charge in [-0.15, -0.1) is 0 Å². The molecule has 0 aromatic carbocycles. The van der Waals surface area contributed by atoms with E-state index < -0.39 is 5.60 Å². The fourth-order valence-corrected chi connectivity index (χ4v) is 2.01. The van der Waals surface area contributed by atoms with Gasteiger partial charge in [-0.1, -0.05) is 0 Å². The predicted octanol–water partition coefficient (Wildman–Crippen LogP) is 1.79. The number of nitrogens with zero attached hydrogens (tertiary/aromatic N) is 1. The molecule has 1 heterocycles. The highest BCUT2D eigenvalue weighted by molar-refractivity contribution is 5.68. The molecule has 0 saturated carbocycles. The van der Waals surface area contributed by atoms with Crippen molar-refractivity contribution in [2.75, 3.05) is 0 Å². The number of fused-ring (bicyclic) bond motifs is 1. The molecular weight excluding hydrogens is 218 g/mol. The second-order valence-electron chi connectivity index (χ2n) is 5.46. The van der Waals surface area contributed by atoms with Crippen LogP contribution >= 0.6 is 0 Å². The van der Waals surface area contributed by atoms with Gasteiger partial charge in [-0.2, -0.15) is 5.10 Å². The molecule has 5 nitrogen and oxygen atoms in total. The first-order valence-electron chi connectivity index (χ1n) is 5.95. The van der Waals surface area contributed by atoms with Crippen LogP contribution in [0.25, 0.3) is 0 Å². The highest BCUT2D eigenvalue weighted by Gasteiger charge is 2.24. The Hall–Kier alpha value is -1.52. The molecule has 0 spiro atoms. The first-order chi connectivity index (χ1) is 7.94. The number of rotatable bonds is 1. The van der Waals surface area contributed by atoms with Crippen molar-refractivity contribution in [2.45, 2.75) is 51.7 Å². The zero-order valence-corrected chi connectivity index (χ0v) is 10.5. The van der Waals surface area contributed by atoms with Crippen LogP contribution in [-0.2, 0) is 17.6 Å². The van der Waals surface area contributed by atoms with Gasteiger partial charge in [-0.05, 0) is 39.2 Å². The van der Waals surface area contributed by atoms with Crippen molar-refractivity contribution < 1.29 is 9.53 Å². The van der Waals surface area contributed by atoms with Crippen molar-refractivity contribution in [3.63, 3.8) is 0 Å². The topological polar surface area (TPSA) is 67.0 Å². The van der Waals surface area contributed by atoms with Crippen molar-refractivity contribution >= 4 is 6.09 Å². The first kappa shape index (κ1) is 12.0. The van der Waals surface area contributed by atoms with Gasteiger partial charge in [0, 0.05) is 18.2 Å². The van der Waals surface area contributed by atoms with Crippen LogP contribution in [-0.4, -0.2) is 27.9 Å². The van der Waals surface area contributed by atoms with Crippen molar-refractivity contribution in [1.82, 2.24) is 15.5 Å². The Labute approximate surface area is 101 Å². The molecule has 1 aromatic heterocycles. The number of carbonyl (C=O) groups excluding carboxylic acids is 1. The third kappa shape index (κ3) is 3.22. The summed E-state index contributed by atoms with van der Waals surface area (Å²) >= 11 is 0. The Bertz CT molecular complexity index is 406. The summed E-state index contributed by atoms with van der Waals surface area (Å²) in [5.74, 6) is 0. The minimum atomic E-state index is -0.447. The summed E-state index contributed by atoms with van der Waals surface area (Å²) in [7, 11) is 0. The SMILES string of the molecule is CC(C)(C)OC(=O)NC1CCc2cn[nH]c2C1. The van der Waals surface area contributed by atoms with Crippen LogP contribution in [0, 0.1) is 0 Å². The van der Waals surface area contributed by atoms with Crippen LogP contribution in [0.1, 0.15) is 38.4 Å². The molecule has 1 unspecified atom stereocenters. The Morgan fingerprint density at radius 3 is 3.06 bits per heavy atom. The van der Waals surface area contributed by atoms with Crippen molar-refractivity contribution in [1.29, 1.82) is 0 Å². The molecule has 0 aliphatic heterocycles. The van der Waals surface area contributed by atoms with Gasteiger partial charge in [0.15, 0.2) is 0 Å². The largest absolute Gasteiger partial charge is 0.444 e. The van der Waals surface area contributed by atoms with Crippen LogP contribution in [0.15, 0.2) is 6.20 Å². The Morgan fingerprint density at radius 1 is 1.59 bits per heavy atom. The summed E-state index contributed by atoms with van der Waals surface area (Å²) in [5, 5.41) is 9.87. The minimum Gasteiger partial charge on any atom is -0.444 e. The van der Waals surface area contributed by atoms with Crippen molar-refractivity contribution in [3.8, 4) is 0 Å². The van der Waals surface area contributed by atoms with E-state index in [0.717, 1.165) is 25.0 Å². The van der Waals surface area contributed by atoms with E-state index in [1.165, 1.54) is 5.56 Å². The van der Waals surface area contributed by atoms with Crippen LogP contribution in [0.3, 0.4) is 0 Å². The third-order valence-corrected chi connectivity index (χ3v) is 2.74. The molecule has 0 bridgehead atoms. The number of carbonyl (C=O) groups is 1. The smallest absolute Gasteiger partial charge is 0.407 e. The molecule has 2 rings (SSSR count). The van der Waals surface area contributed by atoms with E-state index in [0.29, 0.717) is 0 Å². The average molecular weight is 237 g/mol. The molecule has 1 aromatic rings. The van der Waals surface area contributed by atoms with E-state index >= 15 is 0 Å². The number of alkyl carbamates (subject to hydrolysis) is 1. The average Bonchev–Trinajstić information content (AvgIpc) is 2.61. The lowest BCUT2D eigenvalue weighted by Gasteiger charge is -2.25. The van der Waals surface area contributed by atoms with E-state index in [1.807, 2.05) is 27.0 Å². The molecule has 1 atom stereocenters. The molecule has 1 aliphatic carbocycles. The number of H-pyrrole nitrogens is 1. The minimum absolute atomic E-state index is 0.137. The molecule has 2 N–H and O–H groups in total. The quantitative estimate of drug-likeness (QED) is 0.782. The lowest BCUT2D eigenvalue weighted by molar-refractivity contribution is 0.0500. The number of nitrogens with one attached hydrogen (secondary N) is 2. The number of ether oxygens (including phenoxy) is 1. The van der Waals surface area contributed by atoms with Crippen molar-refractivity contribution in [2.24, 2.45) is 0 Å². The van der Waals surface area contributed by atoms with Gasteiger partial charge >= 0.3 is 6.09 Å². The number of hydrogen-bond acceptors (Lipinski definition) is 3. The molecule has 94 valence electrons. The number of aryl methyl sites for hydroxylation is 1. The maximum absolute atomic E-state index is 11.6. The van der Waals surface area contributed by atoms with Gasteiger partial charge in [0.2, 0.25) is 0 Å². The molecular formula is C12H19N3O2. The Morgan fingerprint density at radius 2 is 2.35 bits per heavy atom. The van der Waals surface area contributed by atoms with E-state index in [-0.39, 0.29) is 12.1 Å². The van der Waals surface area contributed by atoms with Gasteiger partial charge < -0.3 is 10.1 Å². The summed E-state index contributed by atoms with van der Waals surface area (Å²) in [6, 6.07) is 0.137. The number of aromatic nitrogens is 2. The number of amides is 1. The highest BCUT2D eigenvalue weighted by Crippen LogP contribution is 2.19. The van der Waals surface area contributed by atoms with Gasteiger partial charge in [0.25, 0.3) is 0 Å². The second kappa shape index (κ2) is 4.39. The van der Waals surface area contributed by atoms with Gasteiger partial charge in [-0.25, -0.2) is 4.79 Å². The van der Waals surface area contributed by atoms with Gasteiger partial charge in [0.1, 0.15) is 5.60 Å². The van der Waals surface area contributed by atoms with Crippen LogP contribution in [0.5, 0.6) is 0 Å². The third-order valence-electron chi connectivity index (χ3n) is 2.74. The summed E-state index contributed by atoms with van der Waals surface area (Å²) < 4.78 is 5.23. The molecule has 0 saturated heterocycles. The van der Waals surface area contributed by atoms with Crippen LogP contribution < -0.4 is 5.32 Å². The number of aromatic amines is 1. The molecule has 0 radical (unpaired) electrons. The van der Waals surface area contributed by atoms with E-state index in [9.17, 15) is 4.79 Å². The van der Waals surface area contributed by atoms with E-state index in [1.54, 1.807) is 0 Å². The number of hydrogen-bond donors (Lipinski definition) is 2. The summed E-state index contributed by atoms with van der Waals surface area (Å²) in [4.78, 5) is 11.6. The molecule has 17 heavy (non-hydrogen) atoms. The molecule has 1 aliphatic rings. The predicted molar refractivity (Wildman–Crippen MR) is 63.8 cm³/mol. The monoisotopic (exact) mass is 237 g/mol. The fourth-order valence-electron chi connectivity index (χ4n) is 2.01. The van der Waals surface area contributed by atoms with Crippen LogP contribution in [0.2, 0.25) is 0 Å². The van der Waals surface area contributed by atoms with Crippen LogP contribution in [0.4, 0.5) is 4.79 Å². The highest BCUT2D eigenvalue weighted by atomic mass is 16.6. The molecule has 1 amide bonds. The normalized spacial score (nSPS) is 19.6. The van der Waals surface area contributed by atoms with Gasteiger partial charge in [0.05, 0.1) is 6.20 Å². The van der Waals surface area contributed by atoms with E-state index in [2.05, 4.69) is 15.5 Å². The maximum atomic E-state index is 11.6. The zero-order valence-electron chi connectivity index (χ0n) is 10.5. The zero-order chi connectivity index (χ0) is 12.5. The summed E-state index contributed by atoms with van der Waals surface area (Å²) in [6.07, 6.45) is 4.21. The fraction of sp³-hybridized carbons (Fsp3) is 0.667. The Balaban J connectivity index is 1.88.